The van der Waals surface area contributed by atoms with Gasteiger partial charge in [0, 0.05) is 0 Å². The van der Waals surface area contributed by atoms with Crippen molar-refractivity contribution in [3.8, 4) is 11.5 Å². The van der Waals surface area contributed by atoms with E-state index in [2.05, 4.69) is 4.18 Å². The van der Waals surface area contributed by atoms with Gasteiger partial charge in [0.15, 0.2) is 0 Å². The molecule has 0 radical (unpaired) electrons. The molecule has 0 unspecified atom stereocenters. The summed E-state index contributed by atoms with van der Waals surface area (Å²) in [6, 6.07) is 4.00. The monoisotopic (exact) mass is 438 g/mol. The van der Waals surface area contributed by atoms with Crippen molar-refractivity contribution in [1.29, 1.82) is 0 Å². The average molecular weight is 438 g/mol. The Labute approximate surface area is 177 Å². The minimum atomic E-state index is -5.85. The van der Waals surface area contributed by atoms with Gasteiger partial charge in [-0.1, -0.05) is 24.3 Å². The second kappa shape index (κ2) is 8.11. The van der Waals surface area contributed by atoms with Crippen molar-refractivity contribution in [2.45, 2.75) is 17.8 Å². The molecule has 2 aromatic rings. The number of benzene rings is 2. The van der Waals surface area contributed by atoms with Crippen LogP contribution in [0.15, 0.2) is 48.5 Å². The number of hydrogen-bond donors (Lipinski definition) is 1. The van der Waals surface area contributed by atoms with Gasteiger partial charge in [0.2, 0.25) is 5.41 Å². The minimum absolute atomic E-state index is 0. The van der Waals surface area contributed by atoms with E-state index in [4.69, 9.17) is 0 Å². The number of hydrogen-bond acceptors (Lipinski definition) is 5. The third kappa shape index (κ3) is 4.74. The molecule has 0 bridgehead atoms. The third-order valence-electron chi connectivity index (χ3n) is 3.64. The Hall–Kier alpha value is -1.47. The van der Waals surface area contributed by atoms with Crippen LogP contribution >= 0.6 is 0 Å². The van der Waals surface area contributed by atoms with Crippen molar-refractivity contribution in [2.24, 2.45) is 0 Å². The zero-order valence-corrected chi connectivity index (χ0v) is 16.7. The Balaban J connectivity index is 0.00000392. The van der Waals surface area contributed by atoms with E-state index in [1.54, 1.807) is 0 Å². The van der Waals surface area contributed by atoms with Crippen LogP contribution in [0.5, 0.6) is 11.5 Å². The first-order valence-corrected chi connectivity index (χ1v) is 8.20. The number of rotatable bonds is 4. The normalized spacial score (nSPS) is 13.0. The van der Waals surface area contributed by atoms with Crippen LogP contribution in [-0.4, -0.2) is 30.4 Å². The van der Waals surface area contributed by atoms with Gasteiger partial charge < -0.3 is 13.8 Å². The summed E-state index contributed by atoms with van der Waals surface area (Å²) < 4.78 is 118. The molecule has 0 aliphatic heterocycles. The number of aromatic hydroxyl groups is 1. The molecule has 0 spiro atoms. The van der Waals surface area contributed by atoms with Crippen molar-refractivity contribution in [2.75, 3.05) is 0 Å². The minimum Gasteiger partial charge on any atom is -0.716 e. The van der Waals surface area contributed by atoms with Crippen LogP contribution in [0.2, 0.25) is 0 Å². The van der Waals surface area contributed by atoms with Crippen LogP contribution in [0.25, 0.3) is 0 Å². The fraction of sp³-hybridized carbons (Fsp3) is 0.200. The fourth-order valence-electron chi connectivity index (χ4n) is 2.57. The predicted molar refractivity (Wildman–Crippen MR) is 77.8 cm³/mol. The molecular weight excluding hydrogens is 429 g/mol. The summed E-state index contributed by atoms with van der Waals surface area (Å²) in [4.78, 5) is 0. The molecule has 0 amide bonds. The molecule has 0 aromatic heterocycles. The molecular formula is C15H9F6NaO5S. The molecule has 0 atom stereocenters. The van der Waals surface area contributed by atoms with E-state index in [0.717, 1.165) is 0 Å². The second-order valence-corrected chi connectivity index (χ2v) is 6.29. The summed E-state index contributed by atoms with van der Waals surface area (Å²) in [5.74, 6) is -1.29. The van der Waals surface area contributed by atoms with E-state index in [1.807, 2.05) is 0 Å². The summed E-state index contributed by atoms with van der Waals surface area (Å²) in [5.41, 5.74) is -6.97. The summed E-state index contributed by atoms with van der Waals surface area (Å²) >= 11 is 0. The molecule has 2 aromatic carbocycles. The molecule has 148 valence electrons. The van der Waals surface area contributed by atoms with Gasteiger partial charge in [-0.25, -0.2) is 8.42 Å². The van der Waals surface area contributed by atoms with Gasteiger partial charge in [0.05, 0.1) is 0 Å². The van der Waals surface area contributed by atoms with Gasteiger partial charge in [-0.05, 0) is 35.4 Å². The molecule has 0 heterocycles. The SMILES string of the molecule is O=S(=O)([O-])Oc1ccc(C(c2ccc(O)cc2)(C(F)(F)F)C(F)(F)F)cc1.[Na+]. The van der Waals surface area contributed by atoms with Gasteiger partial charge in [0.1, 0.15) is 11.5 Å². The molecule has 13 heteroatoms. The summed E-state index contributed by atoms with van der Waals surface area (Å²) in [7, 11) is -5.26. The van der Waals surface area contributed by atoms with Crippen LogP contribution < -0.4 is 33.7 Å². The maximum Gasteiger partial charge on any atom is 1.00 e. The van der Waals surface area contributed by atoms with Crippen LogP contribution in [0.1, 0.15) is 11.1 Å². The Bertz CT molecular complexity index is 894. The zero-order chi connectivity index (χ0) is 20.7. The molecule has 0 saturated heterocycles. The molecule has 2 rings (SSSR count). The number of alkyl halides is 6. The molecule has 1 N–H and O–H groups in total. The van der Waals surface area contributed by atoms with Crippen LogP contribution in [0.3, 0.4) is 0 Å². The first kappa shape index (κ1) is 24.6. The quantitative estimate of drug-likeness (QED) is 0.328. The van der Waals surface area contributed by atoms with E-state index < -0.39 is 50.8 Å². The Morgan fingerprint density at radius 1 is 0.786 bits per heavy atom. The van der Waals surface area contributed by atoms with Crippen LogP contribution in [-0.2, 0) is 15.8 Å². The summed E-state index contributed by atoms with van der Waals surface area (Å²) in [5, 5.41) is 9.18. The Morgan fingerprint density at radius 2 is 1.14 bits per heavy atom. The van der Waals surface area contributed by atoms with E-state index >= 15 is 0 Å². The zero-order valence-electron chi connectivity index (χ0n) is 13.9. The molecule has 0 saturated carbocycles. The van der Waals surface area contributed by atoms with Crippen LogP contribution in [0.4, 0.5) is 26.3 Å². The second-order valence-electron chi connectivity index (χ2n) is 5.31. The van der Waals surface area contributed by atoms with E-state index in [-0.39, 0.29) is 29.6 Å². The Kier molecular flexibility index (Phi) is 7.11. The molecule has 0 aliphatic rings. The van der Waals surface area contributed by atoms with Gasteiger partial charge in [0.25, 0.3) is 10.4 Å². The van der Waals surface area contributed by atoms with Gasteiger partial charge in [-0.15, -0.1) is 0 Å². The third-order valence-corrected chi connectivity index (χ3v) is 4.03. The maximum atomic E-state index is 13.8. The first-order chi connectivity index (χ1) is 12.2. The van der Waals surface area contributed by atoms with Crippen molar-refractivity contribution in [3.05, 3.63) is 59.7 Å². The van der Waals surface area contributed by atoms with Crippen molar-refractivity contribution >= 4 is 10.4 Å². The van der Waals surface area contributed by atoms with Crippen molar-refractivity contribution in [1.82, 2.24) is 0 Å². The largest absolute Gasteiger partial charge is 1.00 e. The van der Waals surface area contributed by atoms with E-state index in [9.17, 15) is 44.4 Å². The molecule has 0 fully saturated rings. The number of phenols is 1. The van der Waals surface area contributed by atoms with Gasteiger partial charge >= 0.3 is 41.9 Å². The van der Waals surface area contributed by atoms with Gasteiger partial charge in [-0.2, -0.15) is 26.3 Å². The summed E-state index contributed by atoms with van der Waals surface area (Å²) in [6.07, 6.45) is -11.7. The number of halogens is 6. The standard InChI is InChI=1S/C15H10F6O5S.Na/c16-14(17,18)13(15(19,20)21,9-1-5-11(22)6-2-9)10-3-7-12(8-4-10)26-27(23,24)25;/h1-8,22H,(H,23,24,25);/q;+1/p-1. The van der Waals surface area contributed by atoms with Crippen molar-refractivity contribution in [3.63, 3.8) is 0 Å². The van der Waals surface area contributed by atoms with E-state index in [1.165, 1.54) is 0 Å². The maximum absolute atomic E-state index is 13.8. The first-order valence-electron chi connectivity index (χ1n) is 6.87. The van der Waals surface area contributed by atoms with E-state index in [0.29, 0.717) is 48.5 Å². The predicted octanol–water partition coefficient (Wildman–Crippen LogP) is 0.646. The molecule has 0 aliphatic carbocycles. The smallest absolute Gasteiger partial charge is 0.716 e. The van der Waals surface area contributed by atoms with Crippen LogP contribution in [0, 0.1) is 0 Å². The Morgan fingerprint density at radius 3 is 1.46 bits per heavy atom. The topological polar surface area (TPSA) is 86.7 Å². The molecule has 5 nitrogen and oxygen atoms in total. The molecule has 28 heavy (non-hydrogen) atoms. The number of phenolic OH excluding ortho intramolecular Hbond substituents is 1. The van der Waals surface area contributed by atoms with Crippen molar-refractivity contribution < 1.29 is 78.2 Å². The van der Waals surface area contributed by atoms with Gasteiger partial charge in [-0.3, -0.25) is 0 Å². The average Bonchev–Trinajstić information content (AvgIpc) is 2.47. The summed E-state index contributed by atoms with van der Waals surface area (Å²) in [6.45, 7) is 0. The fourth-order valence-corrected chi connectivity index (χ4v) is 2.92.